The van der Waals surface area contributed by atoms with Gasteiger partial charge in [0.15, 0.2) is 12.1 Å². The number of hydrogen-bond acceptors (Lipinski definition) is 5. The summed E-state index contributed by atoms with van der Waals surface area (Å²) in [6.07, 6.45) is 5.68. The molecule has 0 aliphatic heterocycles. The number of aldehydes is 1. The second-order valence-electron chi connectivity index (χ2n) is 9.46. The third kappa shape index (κ3) is 2.07. The largest absolute Gasteiger partial charge is 0.393 e. The van der Waals surface area contributed by atoms with E-state index in [4.69, 9.17) is 0 Å². The molecule has 4 aliphatic rings. The molecule has 0 aromatic heterocycles. The van der Waals surface area contributed by atoms with Crippen LogP contribution in [0.15, 0.2) is 11.6 Å². The van der Waals surface area contributed by atoms with Gasteiger partial charge in [0.1, 0.15) is 5.60 Å². The van der Waals surface area contributed by atoms with Gasteiger partial charge in [-0.15, -0.1) is 0 Å². The summed E-state index contributed by atoms with van der Waals surface area (Å²) in [7, 11) is 0. The van der Waals surface area contributed by atoms with E-state index in [0.717, 1.165) is 24.8 Å². The van der Waals surface area contributed by atoms with Gasteiger partial charge < -0.3 is 10.2 Å². The minimum Gasteiger partial charge on any atom is -0.393 e. The van der Waals surface area contributed by atoms with Gasteiger partial charge in [0.2, 0.25) is 5.78 Å². The molecule has 1 unspecified atom stereocenters. The van der Waals surface area contributed by atoms with Crippen molar-refractivity contribution in [2.75, 3.05) is 0 Å². The molecule has 0 bridgehead atoms. The second-order valence-corrected chi connectivity index (χ2v) is 9.46. The number of ketones is 2. The average molecular weight is 360 g/mol. The molecule has 0 aromatic carbocycles. The van der Waals surface area contributed by atoms with Gasteiger partial charge in [-0.3, -0.25) is 14.4 Å². The van der Waals surface area contributed by atoms with E-state index in [1.165, 1.54) is 0 Å². The Labute approximate surface area is 153 Å². The average Bonchev–Trinajstić information content (AvgIpc) is 2.86. The van der Waals surface area contributed by atoms with Gasteiger partial charge in [-0.25, -0.2) is 0 Å². The van der Waals surface area contributed by atoms with E-state index < -0.39 is 22.9 Å². The minimum atomic E-state index is -1.66. The molecule has 0 spiro atoms. The number of fused-ring (bicyclic) bond motifs is 5. The van der Waals surface area contributed by atoms with Gasteiger partial charge in [-0.1, -0.05) is 19.4 Å². The fraction of sp³-hybridized carbons (Fsp3) is 0.762. The molecule has 3 fully saturated rings. The number of hydrogen-bond donors (Lipinski definition) is 2. The molecule has 4 aliphatic carbocycles. The summed E-state index contributed by atoms with van der Waals surface area (Å²) in [6, 6.07) is 0. The van der Waals surface area contributed by atoms with Crippen molar-refractivity contribution in [2.45, 2.75) is 70.5 Å². The monoisotopic (exact) mass is 360 g/mol. The van der Waals surface area contributed by atoms with Crippen molar-refractivity contribution in [1.82, 2.24) is 0 Å². The number of carbonyl (C=O) groups is 3. The predicted molar refractivity (Wildman–Crippen MR) is 94.1 cm³/mol. The van der Waals surface area contributed by atoms with Crippen molar-refractivity contribution in [3.05, 3.63) is 11.6 Å². The van der Waals surface area contributed by atoms with Gasteiger partial charge in [0, 0.05) is 11.8 Å². The highest BCUT2D eigenvalue weighted by Crippen LogP contribution is 2.67. The molecule has 2 N–H and O–H groups in total. The highest BCUT2D eigenvalue weighted by atomic mass is 16.3. The molecule has 4 rings (SSSR count). The molecule has 142 valence electrons. The second kappa shape index (κ2) is 5.59. The van der Waals surface area contributed by atoms with Crippen molar-refractivity contribution in [1.29, 1.82) is 0 Å². The lowest BCUT2D eigenvalue weighted by molar-refractivity contribution is -0.180. The van der Waals surface area contributed by atoms with Gasteiger partial charge in [0.05, 0.1) is 6.10 Å². The minimum absolute atomic E-state index is 0.0439. The standard InChI is InChI=1S/C21H28O5/c1-19-7-5-13(23)9-12(19)3-4-14-15-6-8-21(26,17(25)11-22)20(15,2)10-16(24)18(14)19/h9,11,14-16,18,24,26H,3-8,10H2,1-2H3/t14-,15-,16?,18+,19-,20-,21-/m0/s1. The third-order valence-electron chi connectivity index (χ3n) is 8.56. The quantitative estimate of drug-likeness (QED) is 0.580. The number of rotatable bonds is 2. The maximum absolute atomic E-state index is 12.2. The van der Waals surface area contributed by atoms with Gasteiger partial charge >= 0.3 is 0 Å². The highest BCUT2D eigenvalue weighted by molar-refractivity contribution is 6.29. The summed E-state index contributed by atoms with van der Waals surface area (Å²) in [4.78, 5) is 35.3. The first-order chi connectivity index (χ1) is 12.2. The number of aliphatic hydroxyl groups excluding tert-OH is 1. The van der Waals surface area contributed by atoms with Crippen LogP contribution in [0.4, 0.5) is 0 Å². The molecular formula is C21H28O5. The maximum atomic E-state index is 12.2. The van der Waals surface area contributed by atoms with Crippen molar-refractivity contribution in [2.24, 2.45) is 28.6 Å². The topological polar surface area (TPSA) is 91.7 Å². The van der Waals surface area contributed by atoms with Crippen molar-refractivity contribution < 1.29 is 24.6 Å². The Balaban J connectivity index is 1.75. The summed E-state index contributed by atoms with van der Waals surface area (Å²) in [5, 5.41) is 22.3. The van der Waals surface area contributed by atoms with Crippen LogP contribution in [0, 0.1) is 28.6 Å². The Hall–Kier alpha value is -1.33. The van der Waals surface area contributed by atoms with Gasteiger partial charge in [-0.2, -0.15) is 0 Å². The first kappa shape index (κ1) is 18.1. The van der Waals surface area contributed by atoms with Crippen LogP contribution in [-0.2, 0) is 14.4 Å². The van der Waals surface area contributed by atoms with Crippen LogP contribution in [0.1, 0.15) is 58.8 Å². The molecular weight excluding hydrogens is 332 g/mol. The zero-order valence-electron chi connectivity index (χ0n) is 15.5. The molecule has 0 saturated heterocycles. The van der Waals surface area contributed by atoms with Crippen LogP contribution in [0.25, 0.3) is 0 Å². The molecule has 0 amide bonds. The lowest BCUT2D eigenvalue weighted by atomic mass is 9.45. The Morgan fingerprint density at radius 2 is 1.96 bits per heavy atom. The predicted octanol–water partition coefficient (Wildman–Crippen LogP) is 1.99. The molecule has 0 heterocycles. The summed E-state index contributed by atoms with van der Waals surface area (Å²) in [5.41, 5.74) is -1.46. The smallest absolute Gasteiger partial charge is 0.227 e. The lowest BCUT2D eigenvalue weighted by Gasteiger charge is -2.60. The number of aliphatic hydroxyl groups is 2. The van der Waals surface area contributed by atoms with E-state index in [-0.39, 0.29) is 35.2 Å². The molecule has 0 radical (unpaired) electrons. The number of Topliss-reactive ketones (excluding diaryl/α,β-unsaturated/α-hetero) is 1. The van der Waals surface area contributed by atoms with Crippen molar-refractivity contribution in [3.8, 4) is 0 Å². The fourth-order valence-electron chi connectivity index (χ4n) is 7.19. The number of allylic oxidation sites excluding steroid dienone is 1. The molecule has 3 saturated carbocycles. The summed E-state index contributed by atoms with van der Waals surface area (Å²) in [5.74, 6) is -0.215. The molecule has 5 nitrogen and oxygen atoms in total. The normalized spacial score (nSPS) is 50.3. The fourth-order valence-corrected chi connectivity index (χ4v) is 7.19. The Kier molecular flexibility index (Phi) is 3.88. The summed E-state index contributed by atoms with van der Waals surface area (Å²) >= 11 is 0. The maximum Gasteiger partial charge on any atom is 0.227 e. The first-order valence-electron chi connectivity index (χ1n) is 9.81. The molecule has 0 aromatic rings. The summed E-state index contributed by atoms with van der Waals surface area (Å²) < 4.78 is 0. The van der Waals surface area contributed by atoms with E-state index in [1.807, 2.05) is 6.92 Å². The van der Waals surface area contributed by atoms with E-state index in [9.17, 15) is 24.6 Å². The van der Waals surface area contributed by atoms with Crippen LogP contribution >= 0.6 is 0 Å². The summed E-state index contributed by atoms with van der Waals surface area (Å²) in [6.45, 7) is 4.05. The molecule has 5 heteroatoms. The van der Waals surface area contributed by atoms with E-state index in [2.05, 4.69) is 6.92 Å². The van der Waals surface area contributed by atoms with Crippen LogP contribution in [0.2, 0.25) is 0 Å². The van der Waals surface area contributed by atoms with Gasteiger partial charge in [0.25, 0.3) is 0 Å². The molecule has 26 heavy (non-hydrogen) atoms. The van der Waals surface area contributed by atoms with Crippen LogP contribution in [-0.4, -0.2) is 39.8 Å². The van der Waals surface area contributed by atoms with E-state index in [0.29, 0.717) is 25.7 Å². The van der Waals surface area contributed by atoms with Crippen molar-refractivity contribution >= 4 is 17.9 Å². The highest BCUT2D eigenvalue weighted by Gasteiger charge is 2.68. The van der Waals surface area contributed by atoms with Crippen LogP contribution < -0.4 is 0 Å². The van der Waals surface area contributed by atoms with Crippen LogP contribution in [0.3, 0.4) is 0 Å². The van der Waals surface area contributed by atoms with Crippen molar-refractivity contribution in [3.63, 3.8) is 0 Å². The molecule has 7 atom stereocenters. The Bertz CT molecular complexity index is 711. The zero-order chi connectivity index (χ0) is 18.9. The van der Waals surface area contributed by atoms with Crippen LogP contribution in [0.5, 0.6) is 0 Å². The first-order valence-corrected chi connectivity index (χ1v) is 9.81. The Morgan fingerprint density at radius 1 is 1.23 bits per heavy atom. The van der Waals surface area contributed by atoms with E-state index >= 15 is 0 Å². The van der Waals surface area contributed by atoms with Gasteiger partial charge in [-0.05, 0) is 67.8 Å². The Morgan fingerprint density at radius 3 is 2.65 bits per heavy atom. The number of carbonyl (C=O) groups excluding carboxylic acids is 3. The lowest BCUT2D eigenvalue weighted by Crippen LogP contribution is -2.61. The zero-order valence-corrected chi connectivity index (χ0v) is 15.5. The third-order valence-corrected chi connectivity index (χ3v) is 8.56. The SMILES string of the molecule is C[C@]12CCC(=O)C=C1CC[C@@H]1[C@@H]2C(O)C[C@@]2(C)[C@H]1CC[C@]2(O)C(=O)C=O. The van der Waals surface area contributed by atoms with E-state index in [1.54, 1.807) is 6.08 Å².